The van der Waals surface area contributed by atoms with Gasteiger partial charge >= 0.3 is 5.97 Å². The van der Waals surface area contributed by atoms with E-state index in [9.17, 15) is 13.2 Å². The molecule has 0 saturated heterocycles. The molecule has 0 aliphatic rings. The molecule has 0 aromatic heterocycles. The van der Waals surface area contributed by atoms with Gasteiger partial charge in [-0.15, -0.1) is 0 Å². The van der Waals surface area contributed by atoms with Crippen molar-refractivity contribution in [1.82, 2.24) is 9.44 Å². The monoisotopic (exact) mass is 224 g/mol. The molecule has 0 spiro atoms. The maximum absolute atomic E-state index is 11.2. The summed E-state index contributed by atoms with van der Waals surface area (Å²) in [5, 5.41) is 0. The molecule has 0 bridgehead atoms. The van der Waals surface area contributed by atoms with E-state index >= 15 is 0 Å². The van der Waals surface area contributed by atoms with Crippen LogP contribution < -0.4 is 9.44 Å². The summed E-state index contributed by atoms with van der Waals surface area (Å²) in [6.45, 7) is 4.75. The Labute approximate surface area is 84.2 Å². The standard InChI is InChI=1S/C7H16N2O4S/c1-5-8-14(11,12)9-7(2,3)6(10)13-4/h8-9H,5H2,1-4H3. The van der Waals surface area contributed by atoms with E-state index in [1.54, 1.807) is 6.92 Å². The van der Waals surface area contributed by atoms with Crippen molar-refractivity contribution in [2.24, 2.45) is 0 Å². The Morgan fingerprint density at radius 3 is 2.29 bits per heavy atom. The van der Waals surface area contributed by atoms with Crippen molar-refractivity contribution in [2.45, 2.75) is 26.3 Å². The van der Waals surface area contributed by atoms with Gasteiger partial charge in [0.1, 0.15) is 5.54 Å². The number of carbonyl (C=O) groups excluding carboxylic acids is 1. The Kier molecular flexibility index (Phi) is 4.50. The van der Waals surface area contributed by atoms with E-state index in [2.05, 4.69) is 14.2 Å². The normalized spacial score (nSPS) is 12.6. The van der Waals surface area contributed by atoms with Crippen LogP contribution in [0.5, 0.6) is 0 Å². The summed E-state index contributed by atoms with van der Waals surface area (Å²) in [4.78, 5) is 11.1. The van der Waals surface area contributed by atoms with Gasteiger partial charge in [-0.05, 0) is 13.8 Å². The van der Waals surface area contributed by atoms with Gasteiger partial charge in [0, 0.05) is 6.54 Å². The van der Waals surface area contributed by atoms with Crippen LogP contribution in [0.4, 0.5) is 0 Å². The van der Waals surface area contributed by atoms with Crippen LogP contribution in [0, 0.1) is 0 Å². The summed E-state index contributed by atoms with van der Waals surface area (Å²) in [5.74, 6) is -0.640. The first kappa shape index (κ1) is 13.3. The largest absolute Gasteiger partial charge is 0.468 e. The van der Waals surface area contributed by atoms with Gasteiger partial charge in [0.15, 0.2) is 0 Å². The van der Waals surface area contributed by atoms with E-state index in [4.69, 9.17) is 0 Å². The summed E-state index contributed by atoms with van der Waals surface area (Å²) < 4.78 is 31.3. The average Bonchev–Trinajstić information content (AvgIpc) is 2.00. The van der Waals surface area contributed by atoms with Crippen molar-refractivity contribution in [2.75, 3.05) is 13.7 Å². The average molecular weight is 224 g/mol. The van der Waals surface area contributed by atoms with Gasteiger partial charge in [0.05, 0.1) is 7.11 Å². The summed E-state index contributed by atoms with van der Waals surface area (Å²) in [7, 11) is -2.45. The van der Waals surface area contributed by atoms with Gasteiger partial charge in [0.2, 0.25) is 0 Å². The van der Waals surface area contributed by atoms with Crippen LogP contribution in [0.1, 0.15) is 20.8 Å². The summed E-state index contributed by atoms with van der Waals surface area (Å²) in [6.07, 6.45) is 0. The van der Waals surface area contributed by atoms with Crippen molar-refractivity contribution in [3.8, 4) is 0 Å². The van der Waals surface area contributed by atoms with Gasteiger partial charge in [0.25, 0.3) is 10.2 Å². The van der Waals surface area contributed by atoms with Gasteiger partial charge in [-0.25, -0.2) is 4.72 Å². The highest BCUT2D eigenvalue weighted by Gasteiger charge is 2.32. The molecule has 0 heterocycles. The molecule has 6 nitrogen and oxygen atoms in total. The van der Waals surface area contributed by atoms with Crippen LogP contribution in [0.15, 0.2) is 0 Å². The molecule has 0 fully saturated rings. The molecule has 0 unspecified atom stereocenters. The first-order valence-corrected chi connectivity index (χ1v) is 5.60. The molecule has 0 aromatic carbocycles. The molecular formula is C7H16N2O4S. The Hall–Kier alpha value is -0.660. The predicted molar refractivity (Wildman–Crippen MR) is 51.8 cm³/mol. The van der Waals surface area contributed by atoms with Gasteiger partial charge in [-0.1, -0.05) is 6.92 Å². The highest BCUT2D eigenvalue weighted by molar-refractivity contribution is 7.87. The number of hydrogen-bond donors (Lipinski definition) is 2. The Morgan fingerprint density at radius 2 is 1.93 bits per heavy atom. The molecule has 0 saturated carbocycles. The molecule has 0 aromatic rings. The van der Waals surface area contributed by atoms with Crippen LogP contribution >= 0.6 is 0 Å². The summed E-state index contributed by atoms with van der Waals surface area (Å²) >= 11 is 0. The van der Waals surface area contributed by atoms with Crippen molar-refractivity contribution < 1.29 is 17.9 Å². The van der Waals surface area contributed by atoms with Crippen LogP contribution in [-0.4, -0.2) is 33.6 Å². The second-order valence-corrected chi connectivity index (χ2v) is 4.72. The zero-order valence-electron chi connectivity index (χ0n) is 8.75. The molecule has 0 amide bonds. The third-order valence-corrected chi connectivity index (χ3v) is 2.87. The minimum atomic E-state index is -3.65. The minimum absolute atomic E-state index is 0.257. The van der Waals surface area contributed by atoms with E-state index in [1.807, 2.05) is 0 Å². The van der Waals surface area contributed by atoms with E-state index in [1.165, 1.54) is 21.0 Å². The van der Waals surface area contributed by atoms with Crippen LogP contribution in [0.25, 0.3) is 0 Å². The van der Waals surface area contributed by atoms with Crippen molar-refractivity contribution >= 4 is 16.2 Å². The molecule has 84 valence electrons. The third-order valence-electron chi connectivity index (χ3n) is 1.42. The maximum atomic E-state index is 11.2. The van der Waals surface area contributed by atoms with Crippen molar-refractivity contribution in [1.29, 1.82) is 0 Å². The molecule has 0 atom stereocenters. The number of ether oxygens (including phenoxy) is 1. The van der Waals surface area contributed by atoms with E-state index in [0.717, 1.165) is 0 Å². The predicted octanol–water partition coefficient (Wildman–Crippen LogP) is -0.618. The fourth-order valence-corrected chi connectivity index (χ4v) is 2.07. The van der Waals surface area contributed by atoms with Crippen molar-refractivity contribution in [3.63, 3.8) is 0 Å². The second kappa shape index (κ2) is 4.72. The fraction of sp³-hybridized carbons (Fsp3) is 0.857. The van der Waals surface area contributed by atoms with E-state index in [-0.39, 0.29) is 6.54 Å². The van der Waals surface area contributed by atoms with Gasteiger partial charge in [-0.2, -0.15) is 13.1 Å². The SMILES string of the molecule is CCNS(=O)(=O)NC(C)(C)C(=O)OC. The Bertz CT molecular complexity index is 297. The molecule has 0 rings (SSSR count). The molecule has 0 aliphatic carbocycles. The lowest BCUT2D eigenvalue weighted by Crippen LogP contribution is -2.53. The highest BCUT2D eigenvalue weighted by atomic mass is 32.2. The first-order valence-electron chi connectivity index (χ1n) is 4.12. The minimum Gasteiger partial charge on any atom is -0.468 e. The van der Waals surface area contributed by atoms with Crippen LogP contribution in [0.2, 0.25) is 0 Å². The van der Waals surface area contributed by atoms with E-state index < -0.39 is 21.7 Å². The lowest BCUT2D eigenvalue weighted by atomic mass is 10.1. The van der Waals surface area contributed by atoms with Crippen molar-refractivity contribution in [3.05, 3.63) is 0 Å². The fourth-order valence-electron chi connectivity index (χ4n) is 0.859. The lowest BCUT2D eigenvalue weighted by Gasteiger charge is -2.22. The summed E-state index contributed by atoms with van der Waals surface area (Å²) in [5.41, 5.74) is -1.27. The zero-order valence-corrected chi connectivity index (χ0v) is 9.56. The summed E-state index contributed by atoms with van der Waals surface area (Å²) in [6, 6.07) is 0. The smallest absolute Gasteiger partial charge is 0.326 e. The first-order chi connectivity index (χ1) is 6.25. The number of nitrogens with one attached hydrogen (secondary N) is 2. The molecule has 7 heteroatoms. The number of methoxy groups -OCH3 is 1. The van der Waals surface area contributed by atoms with Crippen LogP contribution in [-0.2, 0) is 19.7 Å². The molecular weight excluding hydrogens is 208 g/mol. The number of carbonyl (C=O) groups is 1. The highest BCUT2D eigenvalue weighted by Crippen LogP contribution is 2.05. The molecule has 0 radical (unpaired) electrons. The van der Waals surface area contributed by atoms with Crippen LogP contribution in [0.3, 0.4) is 0 Å². The molecule has 14 heavy (non-hydrogen) atoms. The Morgan fingerprint density at radius 1 is 1.43 bits per heavy atom. The second-order valence-electron chi connectivity index (χ2n) is 3.22. The zero-order chi connectivity index (χ0) is 11.4. The van der Waals surface area contributed by atoms with E-state index in [0.29, 0.717) is 0 Å². The number of rotatable bonds is 5. The lowest BCUT2D eigenvalue weighted by molar-refractivity contribution is -0.146. The maximum Gasteiger partial charge on any atom is 0.326 e. The number of esters is 1. The number of hydrogen-bond acceptors (Lipinski definition) is 4. The quantitative estimate of drug-likeness (QED) is 0.610. The molecule has 2 N–H and O–H groups in total. The van der Waals surface area contributed by atoms with Gasteiger partial charge < -0.3 is 4.74 Å². The van der Waals surface area contributed by atoms with Gasteiger partial charge in [-0.3, -0.25) is 4.79 Å². The third kappa shape index (κ3) is 4.03. The Balaban J connectivity index is 4.58. The topological polar surface area (TPSA) is 84.5 Å². The molecule has 0 aliphatic heterocycles.